The van der Waals surface area contributed by atoms with Crippen molar-refractivity contribution in [2.75, 3.05) is 37.6 Å². The summed E-state index contributed by atoms with van der Waals surface area (Å²) in [5.41, 5.74) is 7.23. The van der Waals surface area contributed by atoms with Crippen molar-refractivity contribution in [2.45, 2.75) is 39.8 Å². The molecule has 3 aromatic carbocycles. The van der Waals surface area contributed by atoms with Gasteiger partial charge in [0, 0.05) is 26.9 Å². The number of hydrogen-bond donors (Lipinski definition) is 0. The van der Waals surface area contributed by atoms with Crippen molar-refractivity contribution in [1.82, 2.24) is 9.55 Å². The van der Waals surface area contributed by atoms with Crippen molar-refractivity contribution in [1.29, 1.82) is 0 Å². The molecule has 1 heterocycles. The normalized spacial score (nSPS) is 12.3. The lowest BCUT2D eigenvalue weighted by Crippen LogP contribution is -2.44. The lowest BCUT2D eigenvalue weighted by molar-refractivity contribution is -0.119. The fourth-order valence-electron chi connectivity index (χ4n) is 4.91. The van der Waals surface area contributed by atoms with Crippen LogP contribution >= 0.6 is 0 Å². The van der Waals surface area contributed by atoms with Crippen LogP contribution in [0.5, 0.6) is 0 Å². The average molecular weight is 511 g/mol. The maximum absolute atomic E-state index is 14.1. The van der Waals surface area contributed by atoms with Crippen LogP contribution in [0, 0.1) is 6.92 Å². The Morgan fingerprint density at radius 2 is 1.76 bits per heavy atom. The maximum atomic E-state index is 14.1. The van der Waals surface area contributed by atoms with E-state index in [0.717, 1.165) is 51.3 Å². The Morgan fingerprint density at radius 1 is 1.03 bits per heavy atom. The Labute approximate surface area is 226 Å². The number of ether oxygens (including phenoxy) is 1. The highest BCUT2D eigenvalue weighted by molar-refractivity contribution is 5.96. The third-order valence-electron chi connectivity index (χ3n) is 6.87. The monoisotopic (exact) mass is 510 g/mol. The van der Waals surface area contributed by atoms with Crippen molar-refractivity contribution in [3.63, 3.8) is 0 Å². The van der Waals surface area contributed by atoms with Crippen molar-refractivity contribution in [2.24, 2.45) is 0 Å². The van der Waals surface area contributed by atoms with Crippen LogP contribution in [0.3, 0.4) is 0 Å². The Bertz CT molecular complexity index is 1420. The van der Waals surface area contributed by atoms with Gasteiger partial charge in [-0.3, -0.25) is 4.79 Å². The van der Waals surface area contributed by atoms with E-state index in [1.165, 1.54) is 0 Å². The molecule has 0 fully saturated rings. The van der Waals surface area contributed by atoms with Crippen molar-refractivity contribution in [3.05, 3.63) is 89.2 Å². The van der Waals surface area contributed by atoms with Crippen molar-refractivity contribution >= 4 is 40.5 Å². The van der Waals surface area contributed by atoms with Gasteiger partial charge in [0.2, 0.25) is 5.91 Å². The van der Waals surface area contributed by atoms with Gasteiger partial charge in [-0.05, 0) is 67.3 Å². The van der Waals surface area contributed by atoms with Gasteiger partial charge in [0.15, 0.2) is 0 Å². The van der Waals surface area contributed by atoms with E-state index in [9.17, 15) is 4.79 Å². The first-order valence-corrected chi connectivity index (χ1v) is 13.1. The fraction of sp³-hybridized carbons (Fsp3) is 0.312. The zero-order valence-electron chi connectivity index (χ0n) is 23.3. The lowest BCUT2D eigenvalue weighted by Gasteiger charge is -2.32. The highest BCUT2D eigenvalue weighted by Crippen LogP contribution is 2.29. The van der Waals surface area contributed by atoms with Crippen LogP contribution in [-0.4, -0.2) is 49.3 Å². The molecule has 0 saturated carbocycles. The van der Waals surface area contributed by atoms with Gasteiger partial charge < -0.3 is 19.1 Å². The van der Waals surface area contributed by atoms with E-state index in [-0.39, 0.29) is 18.5 Å². The lowest BCUT2D eigenvalue weighted by atomic mass is 10.0. The third kappa shape index (κ3) is 5.81. The summed E-state index contributed by atoms with van der Waals surface area (Å²) in [5, 5.41) is 0. The number of hydrogen-bond acceptors (Lipinski definition) is 4. The van der Waals surface area contributed by atoms with Crippen LogP contribution in [-0.2, 0) is 22.5 Å². The number of fused-ring (bicyclic) bond motifs is 1. The first-order chi connectivity index (χ1) is 18.3. The number of rotatable bonds is 10. The molecule has 4 aromatic rings. The number of aromatic nitrogens is 2. The molecule has 0 saturated heterocycles. The SMILES string of the molecule is CCc1cccc(C)c1N(C(=O)Cn1c(/C=C/c2ccc(N(C)C)cc2)nc2ccccc21)C(C)COC. The Kier molecular flexibility index (Phi) is 8.64. The molecule has 0 aliphatic heterocycles. The van der Waals surface area contributed by atoms with Gasteiger partial charge in [-0.15, -0.1) is 0 Å². The van der Waals surface area contributed by atoms with Crippen LogP contribution in [0.15, 0.2) is 66.7 Å². The summed E-state index contributed by atoms with van der Waals surface area (Å²) in [7, 11) is 5.73. The smallest absolute Gasteiger partial charge is 0.247 e. The van der Waals surface area contributed by atoms with E-state index < -0.39 is 0 Å². The summed E-state index contributed by atoms with van der Waals surface area (Å²) < 4.78 is 7.49. The number of carbonyl (C=O) groups excluding carboxylic acids is 1. The molecule has 0 aliphatic rings. The first kappa shape index (κ1) is 27.1. The van der Waals surface area contributed by atoms with Crippen LogP contribution in [0.25, 0.3) is 23.2 Å². The van der Waals surface area contributed by atoms with Gasteiger partial charge in [-0.25, -0.2) is 4.98 Å². The predicted molar refractivity (Wildman–Crippen MR) is 159 cm³/mol. The summed E-state index contributed by atoms with van der Waals surface area (Å²) in [6.45, 7) is 6.85. The van der Waals surface area contributed by atoms with Crippen molar-refractivity contribution < 1.29 is 9.53 Å². The minimum Gasteiger partial charge on any atom is -0.383 e. The Morgan fingerprint density at radius 3 is 2.45 bits per heavy atom. The minimum atomic E-state index is -0.122. The standard InChI is InChI=1S/C32H38N4O2/c1-7-26-12-10-11-23(2)32(26)36(24(3)22-38-6)31(37)21-35-29-14-9-8-13-28(29)33-30(35)20-17-25-15-18-27(19-16-25)34(4)5/h8-20,24H,7,21-22H2,1-6H3/b20-17+. The Hall–Kier alpha value is -3.90. The number of imidazole rings is 1. The van der Waals surface area contributed by atoms with Gasteiger partial charge in [0.25, 0.3) is 0 Å². The molecule has 6 nitrogen and oxygen atoms in total. The number of aryl methyl sites for hydroxylation is 2. The van der Waals surface area contributed by atoms with Crippen molar-refractivity contribution in [3.8, 4) is 0 Å². The number of benzene rings is 3. The average Bonchev–Trinajstić information content (AvgIpc) is 3.26. The van der Waals surface area contributed by atoms with Crippen LogP contribution in [0.4, 0.5) is 11.4 Å². The predicted octanol–water partition coefficient (Wildman–Crippen LogP) is 6.21. The van der Waals surface area contributed by atoms with Gasteiger partial charge in [-0.1, -0.05) is 55.5 Å². The highest BCUT2D eigenvalue weighted by Gasteiger charge is 2.26. The molecule has 1 atom stereocenters. The molecule has 4 rings (SSSR count). The third-order valence-corrected chi connectivity index (χ3v) is 6.87. The van der Waals surface area contributed by atoms with Gasteiger partial charge in [0.1, 0.15) is 12.4 Å². The highest BCUT2D eigenvalue weighted by atomic mass is 16.5. The van der Waals surface area contributed by atoms with E-state index in [4.69, 9.17) is 9.72 Å². The fourth-order valence-corrected chi connectivity index (χ4v) is 4.91. The number of methoxy groups -OCH3 is 1. The van der Waals surface area contributed by atoms with Gasteiger partial charge >= 0.3 is 0 Å². The number of carbonyl (C=O) groups is 1. The molecule has 0 N–H and O–H groups in total. The van der Waals surface area contributed by atoms with Gasteiger partial charge in [0.05, 0.1) is 29.4 Å². The largest absolute Gasteiger partial charge is 0.383 e. The molecule has 6 heteroatoms. The topological polar surface area (TPSA) is 50.6 Å². The van der Waals surface area contributed by atoms with Crippen LogP contribution < -0.4 is 9.80 Å². The van der Waals surface area contributed by atoms with Gasteiger partial charge in [-0.2, -0.15) is 0 Å². The minimum absolute atomic E-state index is 0.00619. The molecule has 1 aromatic heterocycles. The molecule has 1 amide bonds. The van der Waals surface area contributed by atoms with E-state index in [1.807, 2.05) is 66.9 Å². The second kappa shape index (κ2) is 12.1. The first-order valence-electron chi connectivity index (χ1n) is 13.1. The molecule has 1 unspecified atom stereocenters. The number of anilines is 2. The Balaban J connectivity index is 1.73. The molecular weight excluding hydrogens is 472 g/mol. The van der Waals surface area contributed by atoms with E-state index >= 15 is 0 Å². The molecule has 198 valence electrons. The zero-order valence-corrected chi connectivity index (χ0v) is 23.3. The summed E-state index contributed by atoms with van der Waals surface area (Å²) >= 11 is 0. The van der Waals surface area contributed by atoms with E-state index in [1.54, 1.807) is 7.11 Å². The summed E-state index contributed by atoms with van der Waals surface area (Å²) in [5.74, 6) is 0.753. The molecule has 0 bridgehead atoms. The maximum Gasteiger partial charge on any atom is 0.247 e. The summed E-state index contributed by atoms with van der Waals surface area (Å²) in [6, 6.07) is 22.4. The van der Waals surface area contributed by atoms with Crippen LogP contribution in [0.1, 0.15) is 36.4 Å². The van der Waals surface area contributed by atoms with Crippen LogP contribution in [0.2, 0.25) is 0 Å². The van der Waals surface area contributed by atoms with E-state index in [2.05, 4.69) is 61.2 Å². The molecule has 38 heavy (non-hydrogen) atoms. The summed E-state index contributed by atoms with van der Waals surface area (Å²) in [6.07, 6.45) is 4.88. The molecular formula is C32H38N4O2. The number of para-hydroxylation sites is 3. The summed E-state index contributed by atoms with van der Waals surface area (Å²) in [4.78, 5) is 23.0. The molecule has 0 radical (unpaired) electrons. The second-order valence-electron chi connectivity index (χ2n) is 9.87. The quantitative estimate of drug-likeness (QED) is 0.254. The molecule has 0 spiro atoms. The number of nitrogens with zero attached hydrogens (tertiary/aromatic N) is 4. The second-order valence-corrected chi connectivity index (χ2v) is 9.87. The molecule has 0 aliphatic carbocycles. The zero-order chi connectivity index (χ0) is 27.2. The number of amides is 1. The van der Waals surface area contributed by atoms with E-state index in [0.29, 0.717) is 6.61 Å².